The highest BCUT2D eigenvalue weighted by Crippen LogP contribution is 2.18. The van der Waals surface area contributed by atoms with Gasteiger partial charge < -0.3 is 5.73 Å². The first-order chi connectivity index (χ1) is 7.34. The van der Waals surface area contributed by atoms with Crippen LogP contribution in [0, 0.1) is 0 Å². The van der Waals surface area contributed by atoms with E-state index in [4.69, 9.17) is 5.73 Å². The van der Waals surface area contributed by atoms with Crippen molar-refractivity contribution < 1.29 is 0 Å². The molecule has 0 aliphatic heterocycles. The summed E-state index contributed by atoms with van der Waals surface area (Å²) in [5.74, 6) is 0. The number of anilines is 1. The lowest BCUT2D eigenvalue weighted by atomic mass is 10.3. The van der Waals surface area contributed by atoms with E-state index < -0.39 is 0 Å². The van der Waals surface area contributed by atoms with Gasteiger partial charge in [0.1, 0.15) is 0 Å². The van der Waals surface area contributed by atoms with Crippen molar-refractivity contribution in [2.45, 2.75) is 0 Å². The zero-order valence-electron chi connectivity index (χ0n) is 8.17. The van der Waals surface area contributed by atoms with Gasteiger partial charge in [-0.1, -0.05) is 18.2 Å². The average molecular weight is 229 g/mol. The van der Waals surface area contributed by atoms with E-state index in [0.29, 0.717) is 0 Å². The van der Waals surface area contributed by atoms with Crippen LogP contribution in [-0.4, -0.2) is 11.0 Å². The van der Waals surface area contributed by atoms with Gasteiger partial charge in [0.25, 0.3) is 0 Å². The summed E-state index contributed by atoms with van der Waals surface area (Å²) in [6.45, 7) is 0. The molecule has 3 nitrogen and oxygen atoms in total. The first-order valence-corrected chi connectivity index (χ1v) is 4.67. The lowest BCUT2D eigenvalue weighted by Crippen LogP contribution is -1.80. The molecule has 4 heteroatoms. The summed E-state index contributed by atoms with van der Waals surface area (Å²) in [5.41, 5.74) is 7.93. The van der Waals surface area contributed by atoms with Gasteiger partial charge in [0.2, 0.25) is 0 Å². The largest absolute Gasteiger partial charge is 0.399 e. The molecule has 2 N–H and O–H groups in total. The monoisotopic (exact) mass is 229 g/mol. The second kappa shape index (κ2) is 5.82. The molecule has 0 aliphatic rings. The Bertz CT molecular complexity index is 451. The Morgan fingerprint density at radius 1 is 0.688 bits per heavy atom. The molecule has 0 saturated carbocycles. The quantitative estimate of drug-likeness (QED) is 0.479. The van der Waals surface area contributed by atoms with Crippen LogP contribution >= 0.6 is 0 Å². The maximum atomic E-state index is 5.56. The third-order valence-corrected chi connectivity index (χ3v) is 1.93. The van der Waals surface area contributed by atoms with Gasteiger partial charge >= 0.3 is 0 Å². The Morgan fingerprint density at radius 3 is 1.75 bits per heavy atom. The molecule has 0 fully saturated rings. The molecule has 0 bridgehead atoms. The highest BCUT2D eigenvalue weighted by molar-refractivity contribution is 5.75. The van der Waals surface area contributed by atoms with E-state index in [1.54, 1.807) is 12.1 Å². The number of benzene rings is 2. The first-order valence-electron chi connectivity index (χ1n) is 4.67. The third kappa shape index (κ3) is 3.32. The molecule has 2 rings (SSSR count). The van der Waals surface area contributed by atoms with Gasteiger partial charge in [-0.05, 0) is 47.4 Å². The number of nitrogen functional groups attached to an aromatic ring is 1. The minimum Gasteiger partial charge on any atom is -0.399 e. The summed E-state index contributed by atoms with van der Waals surface area (Å²) < 4.78 is 0. The summed E-state index contributed by atoms with van der Waals surface area (Å²) in [4.78, 5) is 0. The maximum Gasteiger partial charge on any atom is 0.0858 e. The molecule has 0 aromatic heterocycles. The number of nitrogens with zero attached hydrogens (tertiary/aromatic N) is 2. The van der Waals surface area contributed by atoms with Crippen LogP contribution in [0.3, 0.4) is 0 Å². The van der Waals surface area contributed by atoms with Crippen molar-refractivity contribution in [3.05, 3.63) is 54.6 Å². The van der Waals surface area contributed by atoms with Crippen LogP contribution in [0.2, 0.25) is 0 Å². The van der Waals surface area contributed by atoms with Crippen LogP contribution in [0.1, 0.15) is 0 Å². The Balaban J connectivity index is 0.00000128. The molecule has 0 spiro atoms. The molecule has 2 aromatic carbocycles. The fraction of sp³-hybridized carbons (Fsp3) is 0. The van der Waals surface area contributed by atoms with Crippen molar-refractivity contribution >= 4 is 28.0 Å². The van der Waals surface area contributed by atoms with Gasteiger partial charge in [-0.15, -0.1) is 0 Å². The molecule has 0 aliphatic carbocycles. The van der Waals surface area contributed by atoms with E-state index in [-0.39, 0.29) is 11.0 Å². The number of azo groups is 1. The highest BCUT2D eigenvalue weighted by atomic mass is 28.1. The molecule has 0 unspecified atom stereocenters. The van der Waals surface area contributed by atoms with Crippen LogP contribution < -0.4 is 5.73 Å². The number of hydrogen-bond donors (Lipinski definition) is 1. The smallest absolute Gasteiger partial charge is 0.0858 e. The van der Waals surface area contributed by atoms with Crippen molar-refractivity contribution in [3.63, 3.8) is 0 Å². The van der Waals surface area contributed by atoms with Gasteiger partial charge in [-0.3, -0.25) is 0 Å². The van der Waals surface area contributed by atoms with E-state index in [1.807, 2.05) is 42.5 Å². The Labute approximate surface area is 99.0 Å². The van der Waals surface area contributed by atoms with Crippen molar-refractivity contribution in [1.29, 1.82) is 0 Å². The average Bonchev–Trinajstić information content (AvgIpc) is 2.30. The molecule has 0 amide bonds. The standard InChI is InChI=1S/C12H11N3.H4Si/c13-10-6-8-12(9-7-10)15-14-11-4-2-1-3-5-11;/h1-9H,13H2;1H4. The second-order valence-corrected chi connectivity index (χ2v) is 3.13. The summed E-state index contributed by atoms with van der Waals surface area (Å²) in [5, 5.41) is 8.18. The van der Waals surface area contributed by atoms with Gasteiger partial charge in [0.05, 0.1) is 11.4 Å². The van der Waals surface area contributed by atoms with E-state index >= 15 is 0 Å². The third-order valence-electron chi connectivity index (χ3n) is 1.93. The number of nitrogens with two attached hydrogens (primary N) is 1. The minimum atomic E-state index is 0. The Hall–Kier alpha value is -1.94. The first kappa shape index (κ1) is 12.1. The summed E-state index contributed by atoms with van der Waals surface area (Å²) in [7, 11) is 0. The molecule has 0 heterocycles. The molecular weight excluding hydrogens is 214 g/mol. The predicted octanol–water partition coefficient (Wildman–Crippen LogP) is 2.23. The fourth-order valence-electron chi connectivity index (χ4n) is 1.15. The van der Waals surface area contributed by atoms with Gasteiger partial charge in [-0.2, -0.15) is 10.2 Å². The molecule has 0 atom stereocenters. The van der Waals surface area contributed by atoms with Crippen LogP contribution in [0.4, 0.5) is 17.1 Å². The minimum absolute atomic E-state index is 0. The van der Waals surface area contributed by atoms with Crippen molar-refractivity contribution in [2.75, 3.05) is 5.73 Å². The van der Waals surface area contributed by atoms with Crippen LogP contribution in [0.15, 0.2) is 64.8 Å². The molecule has 0 radical (unpaired) electrons. The summed E-state index contributed by atoms with van der Waals surface area (Å²) in [6.07, 6.45) is 0. The molecule has 0 saturated heterocycles. The zero-order chi connectivity index (χ0) is 10.5. The second-order valence-electron chi connectivity index (χ2n) is 3.13. The van der Waals surface area contributed by atoms with E-state index in [1.165, 1.54) is 0 Å². The summed E-state index contributed by atoms with van der Waals surface area (Å²) >= 11 is 0. The molecule has 2 aromatic rings. The van der Waals surface area contributed by atoms with Gasteiger partial charge in [0, 0.05) is 5.69 Å². The predicted molar refractivity (Wildman–Crippen MR) is 72.8 cm³/mol. The Morgan fingerprint density at radius 2 is 1.19 bits per heavy atom. The number of hydrogen-bond acceptors (Lipinski definition) is 3. The Kier molecular flexibility index (Phi) is 4.41. The van der Waals surface area contributed by atoms with Crippen molar-refractivity contribution in [3.8, 4) is 0 Å². The molecule has 16 heavy (non-hydrogen) atoms. The maximum absolute atomic E-state index is 5.56. The number of rotatable bonds is 2. The van der Waals surface area contributed by atoms with Gasteiger partial charge in [0.15, 0.2) is 0 Å². The van der Waals surface area contributed by atoms with E-state index in [0.717, 1.165) is 17.1 Å². The zero-order valence-corrected chi connectivity index (χ0v) is 8.17. The lowest BCUT2D eigenvalue weighted by Gasteiger charge is -1.93. The van der Waals surface area contributed by atoms with Crippen molar-refractivity contribution in [1.82, 2.24) is 0 Å². The molecule has 82 valence electrons. The SMILES string of the molecule is Nc1ccc(N=Nc2ccccc2)cc1.[SiH4]. The normalized spacial score (nSPS) is 10.0. The van der Waals surface area contributed by atoms with E-state index in [9.17, 15) is 0 Å². The topological polar surface area (TPSA) is 50.7 Å². The fourth-order valence-corrected chi connectivity index (χ4v) is 1.15. The summed E-state index contributed by atoms with van der Waals surface area (Å²) in [6, 6.07) is 16.9. The van der Waals surface area contributed by atoms with E-state index in [2.05, 4.69) is 10.2 Å². The lowest BCUT2D eigenvalue weighted by molar-refractivity contribution is 1.23. The highest BCUT2D eigenvalue weighted by Gasteiger charge is 1.89. The van der Waals surface area contributed by atoms with Crippen LogP contribution in [0.25, 0.3) is 0 Å². The van der Waals surface area contributed by atoms with Crippen LogP contribution in [-0.2, 0) is 0 Å². The van der Waals surface area contributed by atoms with Crippen LogP contribution in [0.5, 0.6) is 0 Å². The molecular formula is C12H15N3Si. The van der Waals surface area contributed by atoms with Crippen molar-refractivity contribution in [2.24, 2.45) is 10.2 Å². The van der Waals surface area contributed by atoms with Gasteiger partial charge in [-0.25, -0.2) is 0 Å².